The molecule has 6 heteroatoms. The molecule has 2 rings (SSSR count). The fourth-order valence-electron chi connectivity index (χ4n) is 2.46. The van der Waals surface area contributed by atoms with Crippen LogP contribution in [0, 0.1) is 13.8 Å². The Morgan fingerprint density at radius 2 is 1.62 bits per heavy atom. The first-order valence-corrected chi connectivity index (χ1v) is 8.35. The Morgan fingerprint density at radius 1 is 0.962 bits per heavy atom. The second kappa shape index (κ2) is 9.46. The molecule has 0 saturated heterocycles. The number of nitrogens with one attached hydrogen (secondary N) is 1. The van der Waals surface area contributed by atoms with E-state index < -0.39 is 5.97 Å². The van der Waals surface area contributed by atoms with Gasteiger partial charge in [0.2, 0.25) is 0 Å². The maximum Gasteiger partial charge on any atom is 0.341 e. The SMILES string of the molecule is Cc1cccc(C)c1OCC(=O)NCCc1ccc(OCC(=O)O)cc1. The van der Waals surface area contributed by atoms with E-state index in [2.05, 4.69) is 5.32 Å². The first-order valence-electron chi connectivity index (χ1n) is 8.35. The molecule has 26 heavy (non-hydrogen) atoms. The van der Waals surface area contributed by atoms with Crippen molar-refractivity contribution in [1.82, 2.24) is 5.32 Å². The Labute approximate surface area is 152 Å². The molecule has 0 bridgehead atoms. The minimum Gasteiger partial charge on any atom is -0.483 e. The number of rotatable bonds is 9. The largest absolute Gasteiger partial charge is 0.483 e. The number of aryl methyl sites for hydroxylation is 2. The number of carboxylic acid groups (broad SMARTS) is 1. The molecule has 0 aliphatic heterocycles. The van der Waals surface area contributed by atoms with Crippen LogP contribution < -0.4 is 14.8 Å². The molecule has 1 amide bonds. The number of benzene rings is 2. The predicted molar refractivity (Wildman–Crippen MR) is 97.7 cm³/mol. The van der Waals surface area contributed by atoms with Crippen LogP contribution in [0.15, 0.2) is 42.5 Å². The highest BCUT2D eigenvalue weighted by Gasteiger charge is 2.07. The van der Waals surface area contributed by atoms with Crippen molar-refractivity contribution in [3.8, 4) is 11.5 Å². The lowest BCUT2D eigenvalue weighted by atomic mass is 10.1. The van der Waals surface area contributed by atoms with Crippen molar-refractivity contribution in [2.24, 2.45) is 0 Å². The summed E-state index contributed by atoms with van der Waals surface area (Å²) >= 11 is 0. The summed E-state index contributed by atoms with van der Waals surface area (Å²) in [6, 6.07) is 13.0. The second-order valence-electron chi connectivity index (χ2n) is 5.94. The van der Waals surface area contributed by atoms with Crippen molar-refractivity contribution in [3.05, 3.63) is 59.2 Å². The van der Waals surface area contributed by atoms with Gasteiger partial charge in [-0.25, -0.2) is 4.79 Å². The zero-order chi connectivity index (χ0) is 18.9. The minimum atomic E-state index is -1.01. The van der Waals surface area contributed by atoms with Crippen LogP contribution in [0.4, 0.5) is 0 Å². The van der Waals surface area contributed by atoms with Gasteiger partial charge in [-0.1, -0.05) is 30.3 Å². The van der Waals surface area contributed by atoms with Gasteiger partial charge in [-0.3, -0.25) is 4.79 Å². The maximum atomic E-state index is 11.9. The third kappa shape index (κ3) is 6.12. The number of hydrogen-bond donors (Lipinski definition) is 2. The minimum absolute atomic E-state index is 0.0202. The summed E-state index contributed by atoms with van der Waals surface area (Å²) in [6.45, 7) is 4.00. The van der Waals surface area contributed by atoms with Crippen LogP contribution in [0.2, 0.25) is 0 Å². The highest BCUT2D eigenvalue weighted by atomic mass is 16.5. The smallest absolute Gasteiger partial charge is 0.341 e. The lowest BCUT2D eigenvalue weighted by Crippen LogP contribution is -2.30. The van der Waals surface area contributed by atoms with Gasteiger partial charge in [-0.2, -0.15) is 0 Å². The number of carbonyl (C=O) groups excluding carboxylic acids is 1. The number of carbonyl (C=O) groups is 2. The number of ether oxygens (including phenoxy) is 2. The van der Waals surface area contributed by atoms with Crippen LogP contribution >= 0.6 is 0 Å². The van der Waals surface area contributed by atoms with Crippen molar-refractivity contribution in [2.45, 2.75) is 20.3 Å². The number of para-hydroxylation sites is 1. The van der Waals surface area contributed by atoms with Gasteiger partial charge < -0.3 is 19.9 Å². The van der Waals surface area contributed by atoms with Gasteiger partial charge in [0, 0.05) is 6.54 Å². The highest BCUT2D eigenvalue weighted by Crippen LogP contribution is 2.22. The van der Waals surface area contributed by atoms with E-state index in [9.17, 15) is 9.59 Å². The molecular weight excluding hydrogens is 334 g/mol. The summed E-state index contributed by atoms with van der Waals surface area (Å²) < 4.78 is 10.7. The average Bonchev–Trinajstić information content (AvgIpc) is 2.60. The molecule has 6 nitrogen and oxygen atoms in total. The zero-order valence-corrected chi connectivity index (χ0v) is 15.0. The standard InChI is InChI=1S/C20H23NO5/c1-14-4-3-5-15(2)20(14)26-12-18(22)21-11-10-16-6-8-17(9-7-16)25-13-19(23)24/h3-9H,10-13H2,1-2H3,(H,21,22)(H,23,24). The Hall–Kier alpha value is -3.02. The Kier molecular flexibility index (Phi) is 7.02. The number of aliphatic carboxylic acids is 1. The summed E-state index contributed by atoms with van der Waals surface area (Å²) in [6.07, 6.45) is 0.661. The molecule has 0 fully saturated rings. The quantitative estimate of drug-likeness (QED) is 0.720. The normalized spacial score (nSPS) is 10.2. The summed E-state index contributed by atoms with van der Waals surface area (Å²) in [5.41, 5.74) is 3.02. The molecule has 0 aliphatic rings. The molecule has 0 unspecified atom stereocenters. The van der Waals surface area contributed by atoms with Crippen molar-refractivity contribution >= 4 is 11.9 Å². The van der Waals surface area contributed by atoms with Crippen LogP contribution in [0.1, 0.15) is 16.7 Å². The number of carboxylic acids is 1. The molecule has 2 aromatic rings. The molecule has 0 aliphatic carbocycles. The predicted octanol–water partition coefficient (Wildman–Crippen LogP) is 2.50. The molecule has 0 radical (unpaired) electrons. The van der Waals surface area contributed by atoms with Crippen LogP contribution in [0.3, 0.4) is 0 Å². The first kappa shape index (κ1) is 19.3. The topological polar surface area (TPSA) is 84.9 Å². The van der Waals surface area contributed by atoms with E-state index in [1.54, 1.807) is 12.1 Å². The summed E-state index contributed by atoms with van der Waals surface area (Å²) in [4.78, 5) is 22.4. The van der Waals surface area contributed by atoms with Crippen molar-refractivity contribution in [1.29, 1.82) is 0 Å². The maximum absolute atomic E-state index is 11.9. The number of amides is 1. The fraction of sp³-hybridized carbons (Fsp3) is 0.300. The molecule has 0 saturated carbocycles. The van der Waals surface area contributed by atoms with E-state index >= 15 is 0 Å². The lowest BCUT2D eigenvalue weighted by Gasteiger charge is -2.12. The van der Waals surface area contributed by atoms with Gasteiger partial charge in [0.25, 0.3) is 5.91 Å². The van der Waals surface area contributed by atoms with Gasteiger partial charge in [0.15, 0.2) is 13.2 Å². The van der Waals surface area contributed by atoms with E-state index in [4.69, 9.17) is 14.6 Å². The molecule has 0 atom stereocenters. The zero-order valence-electron chi connectivity index (χ0n) is 15.0. The Morgan fingerprint density at radius 3 is 2.23 bits per heavy atom. The first-order chi connectivity index (χ1) is 12.5. The van der Waals surface area contributed by atoms with E-state index in [1.165, 1.54) is 0 Å². The monoisotopic (exact) mass is 357 g/mol. The summed E-state index contributed by atoms with van der Waals surface area (Å²) in [5, 5.41) is 11.4. The van der Waals surface area contributed by atoms with Crippen LogP contribution in [-0.2, 0) is 16.0 Å². The number of hydrogen-bond acceptors (Lipinski definition) is 4. The molecule has 2 N–H and O–H groups in total. The summed E-state index contributed by atoms with van der Waals surface area (Å²) in [5.74, 6) is 0.0655. The third-order valence-electron chi connectivity index (χ3n) is 3.78. The van der Waals surface area contributed by atoms with Gasteiger partial charge in [-0.05, 0) is 49.1 Å². The molecule has 0 heterocycles. The molecular formula is C20H23NO5. The third-order valence-corrected chi connectivity index (χ3v) is 3.78. The second-order valence-corrected chi connectivity index (χ2v) is 5.94. The molecule has 0 spiro atoms. The van der Waals surface area contributed by atoms with Crippen molar-refractivity contribution < 1.29 is 24.2 Å². The average molecular weight is 357 g/mol. The van der Waals surface area contributed by atoms with Crippen molar-refractivity contribution in [2.75, 3.05) is 19.8 Å². The fourth-order valence-corrected chi connectivity index (χ4v) is 2.46. The lowest BCUT2D eigenvalue weighted by molar-refractivity contribution is -0.139. The van der Waals surface area contributed by atoms with E-state index in [0.29, 0.717) is 18.7 Å². The highest BCUT2D eigenvalue weighted by molar-refractivity contribution is 5.77. The van der Waals surface area contributed by atoms with Gasteiger partial charge in [-0.15, -0.1) is 0 Å². The van der Waals surface area contributed by atoms with Crippen LogP contribution in [0.25, 0.3) is 0 Å². The van der Waals surface area contributed by atoms with E-state index in [0.717, 1.165) is 22.4 Å². The van der Waals surface area contributed by atoms with E-state index in [1.807, 2.05) is 44.2 Å². The van der Waals surface area contributed by atoms with Gasteiger partial charge in [0.1, 0.15) is 11.5 Å². The Balaban J connectivity index is 1.72. The molecule has 138 valence electrons. The molecule has 2 aromatic carbocycles. The van der Waals surface area contributed by atoms with Gasteiger partial charge >= 0.3 is 5.97 Å². The van der Waals surface area contributed by atoms with Crippen molar-refractivity contribution in [3.63, 3.8) is 0 Å². The van der Waals surface area contributed by atoms with Crippen LogP contribution in [0.5, 0.6) is 11.5 Å². The van der Waals surface area contributed by atoms with Crippen LogP contribution in [-0.4, -0.2) is 36.7 Å². The molecule has 0 aromatic heterocycles. The summed E-state index contributed by atoms with van der Waals surface area (Å²) in [7, 11) is 0. The Bertz CT molecular complexity index is 735. The van der Waals surface area contributed by atoms with E-state index in [-0.39, 0.29) is 19.1 Å². The van der Waals surface area contributed by atoms with Gasteiger partial charge in [0.05, 0.1) is 0 Å².